The molecule has 1 aliphatic rings. The fourth-order valence-electron chi connectivity index (χ4n) is 1.90. The average molecular weight is 237 g/mol. The largest absolute Gasteiger partial charge is 0.410 e. The summed E-state index contributed by atoms with van der Waals surface area (Å²) in [6, 6.07) is 4.72. The molecular weight excluding hydrogens is 223 g/mol. The van der Waals surface area contributed by atoms with Gasteiger partial charge in [-0.05, 0) is 37.1 Å². The van der Waals surface area contributed by atoms with Gasteiger partial charge in [0.1, 0.15) is 0 Å². The number of nitrogens with one attached hydrogen (secondary N) is 1. The lowest BCUT2D eigenvalue weighted by atomic mass is 10.0. The van der Waals surface area contributed by atoms with Crippen LogP contribution in [0, 0.1) is 12.2 Å². The number of hydrogen-bond acceptors (Lipinski definition) is 3. The molecule has 1 aliphatic heterocycles. The number of amides is 1. The van der Waals surface area contributed by atoms with Crippen molar-refractivity contribution in [3.05, 3.63) is 36.0 Å². The van der Waals surface area contributed by atoms with E-state index in [1.54, 1.807) is 6.07 Å². The third-order valence-corrected chi connectivity index (χ3v) is 2.66. The first-order valence-electron chi connectivity index (χ1n) is 5.50. The van der Waals surface area contributed by atoms with Gasteiger partial charge in [0, 0.05) is 12.5 Å². The van der Waals surface area contributed by atoms with Crippen molar-refractivity contribution in [3.63, 3.8) is 0 Å². The Hall–Kier alpha value is -1.62. The molecule has 91 valence electrons. The van der Waals surface area contributed by atoms with Gasteiger partial charge < -0.3 is 15.8 Å². The highest BCUT2D eigenvalue weighted by molar-refractivity contribution is 5.68. The predicted molar refractivity (Wildman–Crippen MR) is 61.0 cm³/mol. The molecule has 1 aromatic rings. The molecule has 1 radical (unpaired) electrons. The molecule has 0 spiro atoms. The van der Waals surface area contributed by atoms with Crippen molar-refractivity contribution in [2.45, 2.75) is 18.9 Å². The topological polar surface area (TPSA) is 64.4 Å². The van der Waals surface area contributed by atoms with E-state index < -0.39 is 11.9 Å². The first-order valence-corrected chi connectivity index (χ1v) is 5.50. The Bertz CT molecular complexity index is 417. The smallest absolute Gasteiger partial charge is 0.407 e. The highest BCUT2D eigenvalue weighted by atomic mass is 19.1. The van der Waals surface area contributed by atoms with Crippen LogP contribution in [-0.4, -0.2) is 18.7 Å². The molecule has 5 heteroatoms. The Morgan fingerprint density at radius 2 is 2.41 bits per heavy atom. The van der Waals surface area contributed by atoms with Gasteiger partial charge in [0.15, 0.2) is 11.6 Å². The van der Waals surface area contributed by atoms with Gasteiger partial charge in [-0.15, -0.1) is 0 Å². The maximum atomic E-state index is 13.5. The number of carbonyl (C=O) groups excluding carboxylic acids is 1. The van der Waals surface area contributed by atoms with Crippen LogP contribution in [0.2, 0.25) is 0 Å². The van der Waals surface area contributed by atoms with Gasteiger partial charge in [-0.2, -0.15) is 0 Å². The minimum absolute atomic E-state index is 0.144. The molecular formula is C12H14FN2O2. The lowest BCUT2D eigenvalue weighted by Crippen LogP contribution is -2.22. The number of rotatable bonds is 3. The average Bonchev–Trinajstić information content (AvgIpc) is 2.74. The summed E-state index contributed by atoms with van der Waals surface area (Å²) in [6.07, 6.45) is 3.13. The lowest BCUT2D eigenvalue weighted by molar-refractivity contribution is 0.208. The molecule has 4 nitrogen and oxygen atoms in total. The van der Waals surface area contributed by atoms with Crippen LogP contribution in [0.15, 0.2) is 18.2 Å². The first kappa shape index (κ1) is 11.9. The van der Waals surface area contributed by atoms with Gasteiger partial charge in [-0.3, -0.25) is 0 Å². The molecule has 3 N–H and O–H groups in total. The number of carbonyl (C=O) groups is 1. The number of hydrogen-bond donors (Lipinski definition) is 2. The van der Waals surface area contributed by atoms with Crippen molar-refractivity contribution in [1.82, 2.24) is 5.32 Å². The zero-order valence-electron chi connectivity index (χ0n) is 9.28. The summed E-state index contributed by atoms with van der Waals surface area (Å²) in [6.45, 7) is 0.993. The van der Waals surface area contributed by atoms with Crippen LogP contribution in [0.4, 0.5) is 9.18 Å². The molecule has 1 aromatic carbocycles. The lowest BCUT2D eigenvalue weighted by Gasteiger charge is -2.10. The molecule has 1 heterocycles. The molecule has 2 rings (SSSR count). The summed E-state index contributed by atoms with van der Waals surface area (Å²) in [4.78, 5) is 10.5. The summed E-state index contributed by atoms with van der Waals surface area (Å²) < 4.78 is 18.0. The van der Waals surface area contributed by atoms with Crippen LogP contribution < -0.4 is 15.8 Å². The Kier molecular flexibility index (Phi) is 3.58. The van der Waals surface area contributed by atoms with Crippen LogP contribution in [0.3, 0.4) is 0 Å². The molecule has 1 fully saturated rings. The van der Waals surface area contributed by atoms with E-state index in [0.717, 1.165) is 24.9 Å². The van der Waals surface area contributed by atoms with E-state index in [-0.39, 0.29) is 11.8 Å². The maximum Gasteiger partial charge on any atom is 0.410 e. The minimum atomic E-state index is -1.02. The van der Waals surface area contributed by atoms with Crippen LogP contribution >= 0.6 is 0 Å². The third kappa shape index (κ3) is 3.17. The van der Waals surface area contributed by atoms with Crippen LogP contribution in [-0.2, 0) is 0 Å². The standard InChI is InChI=1S/C12H14FN2O2/c13-10-7-8(6-9-2-1-5-15-9)3-4-11(10)17-12(14)16/h3-4,6-7,9,15H,1-2,5H2,(H2,14,16)/t9-/m1/s1. The number of halogens is 1. The third-order valence-electron chi connectivity index (χ3n) is 2.66. The maximum absolute atomic E-state index is 13.5. The molecule has 17 heavy (non-hydrogen) atoms. The number of primary amides is 1. The molecule has 1 atom stereocenters. The van der Waals surface area contributed by atoms with E-state index in [1.807, 2.05) is 6.42 Å². The van der Waals surface area contributed by atoms with Crippen molar-refractivity contribution < 1.29 is 13.9 Å². The van der Waals surface area contributed by atoms with Crippen molar-refractivity contribution in [2.75, 3.05) is 6.54 Å². The van der Waals surface area contributed by atoms with E-state index in [1.165, 1.54) is 12.1 Å². The van der Waals surface area contributed by atoms with E-state index in [2.05, 4.69) is 10.1 Å². The highest BCUT2D eigenvalue weighted by Gasteiger charge is 2.16. The van der Waals surface area contributed by atoms with Crippen molar-refractivity contribution in [1.29, 1.82) is 0 Å². The van der Waals surface area contributed by atoms with E-state index in [0.29, 0.717) is 0 Å². The van der Waals surface area contributed by atoms with Crippen molar-refractivity contribution in [2.24, 2.45) is 5.73 Å². The number of ether oxygens (including phenoxy) is 1. The number of nitrogens with two attached hydrogens (primary N) is 1. The molecule has 0 saturated carbocycles. The molecule has 1 saturated heterocycles. The van der Waals surface area contributed by atoms with Gasteiger partial charge in [-0.1, -0.05) is 6.07 Å². The molecule has 0 bridgehead atoms. The Balaban J connectivity index is 2.04. The predicted octanol–water partition coefficient (Wildman–Crippen LogP) is 1.59. The van der Waals surface area contributed by atoms with Crippen molar-refractivity contribution in [3.8, 4) is 5.75 Å². The van der Waals surface area contributed by atoms with Gasteiger partial charge in [0.2, 0.25) is 0 Å². The molecule has 0 unspecified atom stereocenters. The fraction of sp³-hybridized carbons (Fsp3) is 0.333. The van der Waals surface area contributed by atoms with Crippen LogP contribution in [0.5, 0.6) is 5.75 Å². The normalized spacial score (nSPS) is 19.2. The highest BCUT2D eigenvalue weighted by Crippen LogP contribution is 2.21. The van der Waals surface area contributed by atoms with Crippen LogP contribution in [0.25, 0.3) is 0 Å². The zero-order chi connectivity index (χ0) is 12.3. The van der Waals surface area contributed by atoms with Crippen molar-refractivity contribution >= 4 is 6.09 Å². The summed E-state index contributed by atoms with van der Waals surface area (Å²) in [5.41, 5.74) is 5.58. The van der Waals surface area contributed by atoms with Gasteiger partial charge in [0.05, 0.1) is 0 Å². The second kappa shape index (κ2) is 5.14. The first-order chi connectivity index (χ1) is 8.15. The Labute approximate surface area is 98.9 Å². The Morgan fingerprint density at radius 1 is 1.59 bits per heavy atom. The van der Waals surface area contributed by atoms with Gasteiger partial charge in [-0.25, -0.2) is 9.18 Å². The fourth-order valence-corrected chi connectivity index (χ4v) is 1.90. The Morgan fingerprint density at radius 3 is 3.00 bits per heavy atom. The van der Waals surface area contributed by atoms with Gasteiger partial charge in [0.25, 0.3) is 0 Å². The second-order valence-corrected chi connectivity index (χ2v) is 3.98. The minimum Gasteiger partial charge on any atom is -0.407 e. The van der Waals surface area contributed by atoms with E-state index >= 15 is 0 Å². The SMILES string of the molecule is NC(=O)Oc1ccc([CH][C@H]2CCCN2)cc1F. The molecule has 0 aliphatic carbocycles. The molecule has 1 amide bonds. The second-order valence-electron chi connectivity index (χ2n) is 3.98. The molecule has 0 aromatic heterocycles. The quantitative estimate of drug-likeness (QED) is 0.839. The zero-order valence-corrected chi connectivity index (χ0v) is 9.28. The summed E-state index contributed by atoms with van der Waals surface area (Å²) in [5, 5.41) is 3.29. The van der Waals surface area contributed by atoms with Crippen LogP contribution in [0.1, 0.15) is 18.4 Å². The monoisotopic (exact) mass is 237 g/mol. The number of benzene rings is 1. The summed E-state index contributed by atoms with van der Waals surface area (Å²) in [7, 11) is 0. The van der Waals surface area contributed by atoms with E-state index in [9.17, 15) is 9.18 Å². The van der Waals surface area contributed by atoms with E-state index in [4.69, 9.17) is 5.73 Å². The summed E-state index contributed by atoms with van der Waals surface area (Å²) >= 11 is 0. The van der Waals surface area contributed by atoms with Gasteiger partial charge >= 0.3 is 6.09 Å². The summed E-state index contributed by atoms with van der Waals surface area (Å²) in [5.74, 6) is -0.732.